The first-order valence-electron chi connectivity index (χ1n) is 6.34. The molecule has 0 fully saturated rings. The highest BCUT2D eigenvalue weighted by molar-refractivity contribution is 6.36. The summed E-state index contributed by atoms with van der Waals surface area (Å²) < 4.78 is 0. The molecule has 0 heterocycles. The van der Waals surface area contributed by atoms with Gasteiger partial charge < -0.3 is 5.32 Å². The van der Waals surface area contributed by atoms with E-state index in [0.29, 0.717) is 22.9 Å². The number of hydrogen-bond acceptors (Lipinski definition) is 1. The third-order valence-corrected chi connectivity index (χ3v) is 3.47. The summed E-state index contributed by atoms with van der Waals surface area (Å²) in [5.74, 6) is 0.0575. The molecule has 0 aliphatic rings. The Morgan fingerprint density at radius 2 is 1.89 bits per heavy atom. The first-order valence-corrected chi connectivity index (χ1v) is 7.10. The van der Waals surface area contributed by atoms with Gasteiger partial charge in [-0.2, -0.15) is 0 Å². The molecule has 0 atom stereocenters. The van der Waals surface area contributed by atoms with Gasteiger partial charge in [0.2, 0.25) is 5.91 Å². The Bertz CT molecular complexity index is 373. The predicted octanol–water partition coefficient (Wildman–Crippen LogP) is 4.23. The van der Waals surface area contributed by atoms with Crippen LogP contribution in [0.2, 0.25) is 10.0 Å². The van der Waals surface area contributed by atoms with Crippen molar-refractivity contribution in [3.8, 4) is 0 Å². The second kappa shape index (κ2) is 8.39. The molecule has 1 N–H and O–H groups in total. The lowest BCUT2D eigenvalue weighted by atomic mass is 10.1. The van der Waals surface area contributed by atoms with Gasteiger partial charge in [-0.3, -0.25) is 4.79 Å². The van der Waals surface area contributed by atoms with E-state index in [1.54, 1.807) is 18.2 Å². The third kappa shape index (κ3) is 5.28. The molecule has 0 spiro atoms. The number of halogens is 2. The first kappa shape index (κ1) is 15.3. The normalized spacial score (nSPS) is 10.4. The van der Waals surface area contributed by atoms with Gasteiger partial charge >= 0.3 is 0 Å². The second-order valence-electron chi connectivity index (χ2n) is 4.26. The maximum atomic E-state index is 11.6. The number of hydrogen-bond donors (Lipinski definition) is 1. The van der Waals surface area contributed by atoms with E-state index < -0.39 is 0 Å². The molecule has 0 aliphatic heterocycles. The minimum Gasteiger partial charge on any atom is -0.356 e. The molecule has 1 rings (SSSR count). The van der Waals surface area contributed by atoms with Crippen LogP contribution in [-0.4, -0.2) is 12.5 Å². The molecule has 0 aliphatic carbocycles. The van der Waals surface area contributed by atoms with Gasteiger partial charge in [0.1, 0.15) is 0 Å². The van der Waals surface area contributed by atoms with Crippen LogP contribution in [0.4, 0.5) is 0 Å². The van der Waals surface area contributed by atoms with Crippen molar-refractivity contribution in [1.29, 1.82) is 0 Å². The lowest BCUT2D eigenvalue weighted by Gasteiger charge is -2.07. The van der Waals surface area contributed by atoms with Crippen molar-refractivity contribution in [2.45, 2.75) is 39.0 Å². The fourth-order valence-electron chi connectivity index (χ4n) is 1.70. The monoisotopic (exact) mass is 287 g/mol. The van der Waals surface area contributed by atoms with Gasteiger partial charge in [0.15, 0.2) is 0 Å². The van der Waals surface area contributed by atoms with Gasteiger partial charge in [-0.15, -0.1) is 0 Å². The standard InChI is InChI=1S/C14H19Cl2NO/c1-2-3-4-10-17-14(18)9-8-11-12(15)6-5-7-13(11)16/h5-7H,2-4,8-10H2,1H3,(H,17,18). The Hall–Kier alpha value is -0.730. The number of rotatable bonds is 7. The van der Waals surface area contributed by atoms with E-state index >= 15 is 0 Å². The molecular formula is C14H19Cl2NO. The summed E-state index contributed by atoms with van der Waals surface area (Å²) in [5, 5.41) is 4.15. The lowest BCUT2D eigenvalue weighted by molar-refractivity contribution is -0.121. The SMILES string of the molecule is CCCCCNC(=O)CCc1c(Cl)cccc1Cl. The van der Waals surface area contributed by atoms with Crippen LogP contribution in [0.1, 0.15) is 38.2 Å². The van der Waals surface area contributed by atoms with Gasteiger partial charge in [0.05, 0.1) is 0 Å². The van der Waals surface area contributed by atoms with Gasteiger partial charge in [-0.25, -0.2) is 0 Å². The summed E-state index contributed by atoms with van der Waals surface area (Å²) in [6.07, 6.45) is 4.35. The Kier molecular flexibility index (Phi) is 7.14. The molecule has 0 unspecified atom stereocenters. The maximum Gasteiger partial charge on any atom is 0.220 e. The summed E-state index contributed by atoms with van der Waals surface area (Å²) >= 11 is 12.1. The van der Waals surface area contributed by atoms with Crippen LogP contribution in [0.5, 0.6) is 0 Å². The molecule has 1 aromatic carbocycles. The van der Waals surface area contributed by atoms with Crippen LogP contribution in [0, 0.1) is 0 Å². The topological polar surface area (TPSA) is 29.1 Å². The molecule has 1 amide bonds. The highest BCUT2D eigenvalue weighted by Crippen LogP contribution is 2.25. The van der Waals surface area contributed by atoms with E-state index in [1.807, 2.05) is 0 Å². The van der Waals surface area contributed by atoms with E-state index in [9.17, 15) is 4.79 Å². The molecule has 1 aromatic rings. The molecule has 0 bridgehead atoms. The Morgan fingerprint density at radius 3 is 2.50 bits per heavy atom. The van der Waals surface area contributed by atoms with E-state index in [4.69, 9.17) is 23.2 Å². The minimum atomic E-state index is 0.0575. The first-order chi connectivity index (χ1) is 8.65. The van der Waals surface area contributed by atoms with Gasteiger partial charge in [-0.05, 0) is 30.5 Å². The van der Waals surface area contributed by atoms with Crippen LogP contribution in [-0.2, 0) is 11.2 Å². The largest absolute Gasteiger partial charge is 0.356 e. The molecule has 2 nitrogen and oxygen atoms in total. The number of carbonyl (C=O) groups excluding carboxylic acids is 1. The fourth-order valence-corrected chi connectivity index (χ4v) is 2.29. The quantitative estimate of drug-likeness (QED) is 0.747. The van der Waals surface area contributed by atoms with Crippen LogP contribution in [0.15, 0.2) is 18.2 Å². The van der Waals surface area contributed by atoms with Gasteiger partial charge in [-0.1, -0.05) is 49.0 Å². The second-order valence-corrected chi connectivity index (χ2v) is 5.07. The number of amides is 1. The number of unbranched alkanes of at least 4 members (excludes halogenated alkanes) is 2. The molecule has 0 radical (unpaired) electrons. The molecule has 0 saturated heterocycles. The molecule has 18 heavy (non-hydrogen) atoms. The zero-order chi connectivity index (χ0) is 13.4. The molecule has 0 saturated carbocycles. The Labute approximate surface area is 119 Å². The van der Waals surface area contributed by atoms with Crippen LogP contribution in [0.3, 0.4) is 0 Å². The number of carbonyl (C=O) groups is 1. The molecule has 100 valence electrons. The van der Waals surface area contributed by atoms with Crippen molar-refractivity contribution in [2.24, 2.45) is 0 Å². The average Bonchev–Trinajstić information content (AvgIpc) is 2.34. The van der Waals surface area contributed by atoms with Gasteiger partial charge in [0, 0.05) is 23.0 Å². The predicted molar refractivity (Wildman–Crippen MR) is 77.3 cm³/mol. The summed E-state index contributed by atoms with van der Waals surface area (Å²) in [4.78, 5) is 11.6. The van der Waals surface area contributed by atoms with Crippen molar-refractivity contribution < 1.29 is 4.79 Å². The van der Waals surface area contributed by atoms with Crippen molar-refractivity contribution in [3.05, 3.63) is 33.8 Å². The lowest BCUT2D eigenvalue weighted by Crippen LogP contribution is -2.24. The van der Waals surface area contributed by atoms with Crippen LogP contribution in [0.25, 0.3) is 0 Å². The summed E-state index contributed by atoms with van der Waals surface area (Å²) in [6.45, 7) is 2.89. The van der Waals surface area contributed by atoms with E-state index in [0.717, 1.165) is 31.4 Å². The summed E-state index contributed by atoms with van der Waals surface area (Å²) in [5.41, 5.74) is 0.851. The molecule has 0 aromatic heterocycles. The average molecular weight is 288 g/mol. The zero-order valence-electron chi connectivity index (χ0n) is 10.6. The summed E-state index contributed by atoms with van der Waals surface area (Å²) in [7, 11) is 0. The highest BCUT2D eigenvalue weighted by Gasteiger charge is 2.08. The van der Waals surface area contributed by atoms with Gasteiger partial charge in [0.25, 0.3) is 0 Å². The number of nitrogens with one attached hydrogen (secondary N) is 1. The van der Waals surface area contributed by atoms with E-state index in [1.165, 1.54) is 0 Å². The van der Waals surface area contributed by atoms with Crippen molar-refractivity contribution in [1.82, 2.24) is 5.32 Å². The molecular weight excluding hydrogens is 269 g/mol. The molecule has 4 heteroatoms. The minimum absolute atomic E-state index is 0.0575. The van der Waals surface area contributed by atoms with Crippen LogP contribution >= 0.6 is 23.2 Å². The van der Waals surface area contributed by atoms with Crippen molar-refractivity contribution in [2.75, 3.05) is 6.54 Å². The van der Waals surface area contributed by atoms with Crippen LogP contribution < -0.4 is 5.32 Å². The van der Waals surface area contributed by atoms with E-state index in [2.05, 4.69) is 12.2 Å². The van der Waals surface area contributed by atoms with Crippen molar-refractivity contribution >= 4 is 29.1 Å². The van der Waals surface area contributed by atoms with E-state index in [-0.39, 0.29) is 5.91 Å². The summed E-state index contributed by atoms with van der Waals surface area (Å²) in [6, 6.07) is 5.39. The Balaban J connectivity index is 2.34. The third-order valence-electron chi connectivity index (χ3n) is 2.77. The maximum absolute atomic E-state index is 11.6. The smallest absolute Gasteiger partial charge is 0.220 e. The van der Waals surface area contributed by atoms with Crippen molar-refractivity contribution in [3.63, 3.8) is 0 Å². The highest BCUT2D eigenvalue weighted by atomic mass is 35.5. The zero-order valence-corrected chi connectivity index (χ0v) is 12.2. The number of benzene rings is 1. The fraction of sp³-hybridized carbons (Fsp3) is 0.500. The Morgan fingerprint density at radius 1 is 1.22 bits per heavy atom.